The number of likely N-dealkylation sites (tertiary alicyclic amines) is 1. The van der Waals surface area contributed by atoms with Crippen LogP contribution in [0.25, 0.3) is 6.08 Å². The van der Waals surface area contributed by atoms with Gasteiger partial charge in [0.05, 0.1) is 6.26 Å². The summed E-state index contributed by atoms with van der Waals surface area (Å²) in [5.41, 5.74) is -0.0366. The van der Waals surface area contributed by atoms with Crippen LogP contribution in [0, 0.1) is 0 Å². The van der Waals surface area contributed by atoms with Gasteiger partial charge < -0.3 is 15.1 Å². The van der Waals surface area contributed by atoms with E-state index in [1.807, 2.05) is 0 Å². The van der Waals surface area contributed by atoms with Crippen LogP contribution in [0.15, 0.2) is 28.9 Å². The van der Waals surface area contributed by atoms with Gasteiger partial charge in [0.2, 0.25) is 11.8 Å². The van der Waals surface area contributed by atoms with Crippen molar-refractivity contribution in [1.29, 1.82) is 0 Å². The minimum absolute atomic E-state index is 0.0366. The summed E-state index contributed by atoms with van der Waals surface area (Å²) < 4.78 is 5.11. The minimum Gasteiger partial charge on any atom is -0.465 e. The summed E-state index contributed by atoms with van der Waals surface area (Å²) in [4.78, 5) is 26.1. The van der Waals surface area contributed by atoms with Gasteiger partial charge in [0.25, 0.3) is 0 Å². The Morgan fingerprint density at radius 3 is 2.68 bits per heavy atom. The fraction of sp³-hybridized carbons (Fsp3) is 0.579. The SMILES string of the molecule is CC(C)(CNC(=O)CCNC(=O)/C=C/c1ccco1)N1CCCCC1. The third-order valence-corrected chi connectivity index (χ3v) is 4.52. The number of rotatable bonds is 8. The van der Waals surface area contributed by atoms with Crippen LogP contribution in [0.2, 0.25) is 0 Å². The van der Waals surface area contributed by atoms with Crippen molar-refractivity contribution in [3.8, 4) is 0 Å². The van der Waals surface area contributed by atoms with Crippen molar-refractivity contribution in [1.82, 2.24) is 15.5 Å². The van der Waals surface area contributed by atoms with E-state index in [1.54, 1.807) is 24.5 Å². The molecule has 1 aromatic rings. The highest BCUT2D eigenvalue weighted by Gasteiger charge is 2.28. The van der Waals surface area contributed by atoms with Crippen LogP contribution < -0.4 is 10.6 Å². The largest absolute Gasteiger partial charge is 0.465 e. The average Bonchev–Trinajstić information content (AvgIpc) is 3.13. The molecule has 2 rings (SSSR count). The highest BCUT2D eigenvalue weighted by atomic mass is 16.3. The molecule has 2 N–H and O–H groups in total. The standard InChI is InChI=1S/C19H29N3O3/c1-19(2,22-12-4-3-5-13-22)15-21-18(24)10-11-20-17(23)9-8-16-7-6-14-25-16/h6-9,14H,3-5,10-13,15H2,1-2H3,(H,20,23)(H,21,24)/b9-8+. The van der Waals surface area contributed by atoms with Gasteiger partial charge in [0, 0.05) is 31.1 Å². The predicted octanol–water partition coefficient (Wildman–Crippen LogP) is 2.18. The molecule has 0 aromatic carbocycles. The van der Waals surface area contributed by atoms with Gasteiger partial charge >= 0.3 is 0 Å². The second-order valence-electron chi connectivity index (χ2n) is 7.03. The number of piperidine rings is 1. The zero-order valence-corrected chi connectivity index (χ0v) is 15.2. The van der Waals surface area contributed by atoms with Crippen molar-refractivity contribution in [3.05, 3.63) is 30.2 Å². The first-order valence-electron chi connectivity index (χ1n) is 8.98. The highest BCUT2D eigenvalue weighted by Crippen LogP contribution is 2.19. The lowest BCUT2D eigenvalue weighted by molar-refractivity contribution is -0.121. The monoisotopic (exact) mass is 347 g/mol. The number of nitrogens with one attached hydrogen (secondary N) is 2. The van der Waals surface area contributed by atoms with Crippen LogP contribution in [0.4, 0.5) is 0 Å². The van der Waals surface area contributed by atoms with E-state index in [2.05, 4.69) is 29.4 Å². The van der Waals surface area contributed by atoms with Gasteiger partial charge in [-0.05, 0) is 58.0 Å². The normalized spacial score (nSPS) is 16.1. The topological polar surface area (TPSA) is 74.6 Å². The molecule has 0 atom stereocenters. The van der Waals surface area contributed by atoms with Gasteiger partial charge in [-0.1, -0.05) is 6.42 Å². The van der Waals surface area contributed by atoms with E-state index in [9.17, 15) is 9.59 Å². The summed E-state index contributed by atoms with van der Waals surface area (Å²) in [5.74, 6) is 0.339. The van der Waals surface area contributed by atoms with E-state index in [4.69, 9.17) is 4.42 Å². The first-order valence-corrected chi connectivity index (χ1v) is 8.98. The molecule has 1 saturated heterocycles. The smallest absolute Gasteiger partial charge is 0.244 e. The van der Waals surface area contributed by atoms with Crippen molar-refractivity contribution in [2.75, 3.05) is 26.2 Å². The van der Waals surface area contributed by atoms with Crippen LogP contribution in [-0.2, 0) is 9.59 Å². The van der Waals surface area contributed by atoms with Gasteiger partial charge in [-0.3, -0.25) is 14.5 Å². The maximum Gasteiger partial charge on any atom is 0.244 e. The number of carbonyl (C=O) groups is 2. The van der Waals surface area contributed by atoms with Crippen molar-refractivity contribution in [2.24, 2.45) is 0 Å². The Morgan fingerprint density at radius 1 is 1.24 bits per heavy atom. The third kappa shape index (κ3) is 6.74. The summed E-state index contributed by atoms with van der Waals surface area (Å²) in [5, 5.41) is 5.68. The molecule has 0 spiro atoms. The van der Waals surface area contributed by atoms with Crippen LogP contribution >= 0.6 is 0 Å². The fourth-order valence-electron chi connectivity index (χ4n) is 2.92. The zero-order chi connectivity index (χ0) is 18.1. The third-order valence-electron chi connectivity index (χ3n) is 4.52. The maximum absolute atomic E-state index is 12.0. The van der Waals surface area contributed by atoms with Gasteiger partial charge in [-0.2, -0.15) is 0 Å². The van der Waals surface area contributed by atoms with Crippen molar-refractivity contribution >= 4 is 17.9 Å². The Hall–Kier alpha value is -2.08. The van der Waals surface area contributed by atoms with Gasteiger partial charge in [-0.25, -0.2) is 0 Å². The Balaban J connectivity index is 1.62. The number of nitrogens with zero attached hydrogens (tertiary/aromatic N) is 1. The molecule has 25 heavy (non-hydrogen) atoms. The maximum atomic E-state index is 12.0. The predicted molar refractivity (Wildman–Crippen MR) is 97.9 cm³/mol. The lowest BCUT2D eigenvalue weighted by atomic mass is 9.98. The van der Waals surface area contributed by atoms with Crippen molar-refractivity contribution in [2.45, 2.75) is 45.1 Å². The summed E-state index contributed by atoms with van der Waals surface area (Å²) >= 11 is 0. The summed E-state index contributed by atoms with van der Waals surface area (Å²) in [7, 11) is 0. The van der Waals surface area contributed by atoms with Crippen molar-refractivity contribution < 1.29 is 14.0 Å². The summed E-state index contributed by atoms with van der Waals surface area (Å²) in [6.07, 6.45) is 8.58. The van der Waals surface area contributed by atoms with Gasteiger partial charge in [-0.15, -0.1) is 0 Å². The van der Waals surface area contributed by atoms with Crippen LogP contribution in [0.1, 0.15) is 45.3 Å². The molecule has 1 aromatic heterocycles. The van der Waals surface area contributed by atoms with Crippen LogP contribution in [0.3, 0.4) is 0 Å². The molecule has 0 saturated carbocycles. The van der Waals surface area contributed by atoms with Crippen LogP contribution in [-0.4, -0.2) is 48.4 Å². The molecule has 0 unspecified atom stereocenters. The number of hydrogen-bond acceptors (Lipinski definition) is 4. The molecule has 6 nitrogen and oxygen atoms in total. The molecular formula is C19H29N3O3. The van der Waals surface area contributed by atoms with E-state index >= 15 is 0 Å². The lowest BCUT2D eigenvalue weighted by Gasteiger charge is -2.41. The van der Waals surface area contributed by atoms with Crippen LogP contribution in [0.5, 0.6) is 0 Å². The number of hydrogen-bond donors (Lipinski definition) is 2. The molecule has 0 radical (unpaired) electrons. The molecule has 138 valence electrons. The lowest BCUT2D eigenvalue weighted by Crippen LogP contribution is -2.53. The first kappa shape index (κ1) is 19.2. The second kappa shape index (κ2) is 9.42. The highest BCUT2D eigenvalue weighted by molar-refractivity contribution is 5.91. The summed E-state index contributed by atoms with van der Waals surface area (Å²) in [6, 6.07) is 3.52. The number of amides is 2. The Morgan fingerprint density at radius 2 is 2.00 bits per heavy atom. The van der Waals surface area contributed by atoms with E-state index in [0.29, 0.717) is 18.8 Å². The molecule has 2 amide bonds. The average molecular weight is 347 g/mol. The van der Waals surface area contributed by atoms with Gasteiger partial charge in [0.1, 0.15) is 5.76 Å². The number of furan rings is 1. The Labute approximate surface area is 149 Å². The first-order chi connectivity index (χ1) is 12.0. The fourth-order valence-corrected chi connectivity index (χ4v) is 2.92. The Kier molecular flexibility index (Phi) is 7.25. The van der Waals surface area contributed by atoms with E-state index in [-0.39, 0.29) is 23.8 Å². The van der Waals surface area contributed by atoms with E-state index in [1.165, 1.54) is 25.3 Å². The molecule has 1 fully saturated rings. The minimum atomic E-state index is -0.238. The molecule has 1 aliphatic heterocycles. The Bertz CT molecular complexity index is 573. The zero-order valence-electron chi connectivity index (χ0n) is 15.2. The molecular weight excluding hydrogens is 318 g/mol. The summed E-state index contributed by atoms with van der Waals surface area (Å²) in [6.45, 7) is 7.47. The second-order valence-corrected chi connectivity index (χ2v) is 7.03. The molecule has 0 aliphatic carbocycles. The molecule has 2 heterocycles. The molecule has 6 heteroatoms. The van der Waals surface area contributed by atoms with E-state index in [0.717, 1.165) is 13.1 Å². The molecule has 0 bridgehead atoms. The molecule has 1 aliphatic rings. The quantitative estimate of drug-likeness (QED) is 0.707. The van der Waals surface area contributed by atoms with E-state index < -0.39 is 0 Å². The number of carbonyl (C=O) groups excluding carboxylic acids is 2. The van der Waals surface area contributed by atoms with Crippen molar-refractivity contribution in [3.63, 3.8) is 0 Å². The van der Waals surface area contributed by atoms with Gasteiger partial charge in [0.15, 0.2) is 0 Å².